The van der Waals surface area contributed by atoms with E-state index in [1.165, 1.54) is 6.07 Å². The molecule has 1 aromatic rings. The van der Waals surface area contributed by atoms with Crippen LogP contribution in [-0.4, -0.2) is 13.2 Å². The fraction of sp³-hybridized carbons (Fsp3) is 0.333. The third kappa shape index (κ3) is 1.11. The van der Waals surface area contributed by atoms with Gasteiger partial charge in [-0.25, -0.2) is 4.39 Å². The summed E-state index contributed by atoms with van der Waals surface area (Å²) >= 11 is 0. The van der Waals surface area contributed by atoms with E-state index >= 15 is 0 Å². The second kappa shape index (κ2) is 2.66. The molecule has 2 nitrogen and oxygen atoms in total. The molecule has 3 heteroatoms. The molecule has 0 saturated carbocycles. The van der Waals surface area contributed by atoms with Crippen LogP contribution in [0.1, 0.15) is 5.56 Å². The van der Waals surface area contributed by atoms with Crippen LogP contribution >= 0.6 is 0 Å². The van der Waals surface area contributed by atoms with E-state index in [-0.39, 0.29) is 5.82 Å². The van der Waals surface area contributed by atoms with E-state index in [9.17, 15) is 4.39 Å². The molecule has 12 heavy (non-hydrogen) atoms. The number of anilines is 1. The number of hydrogen-bond donors (Lipinski definition) is 1. The van der Waals surface area contributed by atoms with Crippen molar-refractivity contribution in [3.8, 4) is 5.75 Å². The van der Waals surface area contributed by atoms with E-state index in [0.29, 0.717) is 12.2 Å². The van der Waals surface area contributed by atoms with E-state index in [0.717, 1.165) is 18.0 Å². The van der Waals surface area contributed by atoms with Gasteiger partial charge in [-0.2, -0.15) is 0 Å². The van der Waals surface area contributed by atoms with Gasteiger partial charge >= 0.3 is 0 Å². The minimum atomic E-state index is -0.188. The Morgan fingerprint density at radius 2 is 2.33 bits per heavy atom. The first-order valence-corrected chi connectivity index (χ1v) is 3.94. The summed E-state index contributed by atoms with van der Waals surface area (Å²) in [5.74, 6) is 0.562. The minimum absolute atomic E-state index is 0.188. The summed E-state index contributed by atoms with van der Waals surface area (Å²) in [6, 6.07) is 3.20. The number of benzene rings is 1. The van der Waals surface area contributed by atoms with Gasteiger partial charge in [-0.3, -0.25) is 0 Å². The van der Waals surface area contributed by atoms with Crippen LogP contribution in [0.4, 0.5) is 10.1 Å². The fourth-order valence-electron chi connectivity index (χ4n) is 1.26. The van der Waals surface area contributed by atoms with Crippen LogP contribution in [-0.2, 0) is 0 Å². The van der Waals surface area contributed by atoms with Crippen LogP contribution in [0.2, 0.25) is 0 Å². The van der Waals surface area contributed by atoms with Gasteiger partial charge in [0.15, 0.2) is 0 Å². The first-order valence-electron chi connectivity index (χ1n) is 3.94. The Morgan fingerprint density at radius 3 is 3.17 bits per heavy atom. The zero-order valence-electron chi connectivity index (χ0n) is 6.86. The quantitative estimate of drug-likeness (QED) is 0.637. The molecule has 0 spiro atoms. The van der Waals surface area contributed by atoms with Crippen LogP contribution in [0.3, 0.4) is 0 Å². The Labute approximate surface area is 70.3 Å². The highest BCUT2D eigenvalue weighted by atomic mass is 19.1. The third-order valence-corrected chi connectivity index (χ3v) is 1.94. The van der Waals surface area contributed by atoms with Gasteiger partial charge in [0.2, 0.25) is 0 Å². The van der Waals surface area contributed by atoms with Crippen molar-refractivity contribution in [1.29, 1.82) is 0 Å². The van der Waals surface area contributed by atoms with Crippen LogP contribution < -0.4 is 10.1 Å². The van der Waals surface area contributed by atoms with Gasteiger partial charge in [-0.05, 0) is 18.6 Å². The summed E-state index contributed by atoms with van der Waals surface area (Å²) in [7, 11) is 0. The molecule has 0 radical (unpaired) electrons. The molecule has 0 atom stereocenters. The molecule has 0 amide bonds. The van der Waals surface area contributed by atoms with Crippen molar-refractivity contribution in [1.82, 2.24) is 0 Å². The monoisotopic (exact) mass is 167 g/mol. The molecule has 1 aliphatic rings. The van der Waals surface area contributed by atoms with E-state index in [4.69, 9.17) is 4.74 Å². The molecule has 0 unspecified atom stereocenters. The van der Waals surface area contributed by atoms with Crippen LogP contribution in [0.25, 0.3) is 0 Å². The lowest BCUT2D eigenvalue weighted by Crippen LogP contribution is -2.18. The Hall–Kier alpha value is -1.25. The van der Waals surface area contributed by atoms with Gasteiger partial charge < -0.3 is 10.1 Å². The summed E-state index contributed by atoms with van der Waals surface area (Å²) in [5.41, 5.74) is 1.38. The van der Waals surface area contributed by atoms with Gasteiger partial charge in [-0.1, -0.05) is 0 Å². The summed E-state index contributed by atoms with van der Waals surface area (Å²) < 4.78 is 18.3. The molecule has 0 aliphatic carbocycles. The predicted octanol–water partition coefficient (Wildman–Crippen LogP) is 1.94. The molecule has 0 aromatic heterocycles. The van der Waals surface area contributed by atoms with Crippen LogP contribution in [0.15, 0.2) is 12.1 Å². The van der Waals surface area contributed by atoms with Crippen molar-refractivity contribution >= 4 is 5.69 Å². The van der Waals surface area contributed by atoms with Gasteiger partial charge in [-0.15, -0.1) is 0 Å². The number of rotatable bonds is 0. The van der Waals surface area contributed by atoms with Crippen molar-refractivity contribution in [2.75, 3.05) is 18.5 Å². The lowest BCUT2D eigenvalue weighted by molar-refractivity contribution is 0.322. The molecule has 0 fully saturated rings. The van der Waals surface area contributed by atoms with E-state index in [2.05, 4.69) is 5.32 Å². The highest BCUT2D eigenvalue weighted by Crippen LogP contribution is 2.29. The number of nitrogens with one attached hydrogen (secondary N) is 1. The molecule has 0 bridgehead atoms. The van der Waals surface area contributed by atoms with E-state index < -0.39 is 0 Å². The largest absolute Gasteiger partial charge is 0.490 e. The lowest BCUT2D eigenvalue weighted by atomic mass is 10.2. The maximum atomic E-state index is 13.0. The predicted molar refractivity (Wildman–Crippen MR) is 45.1 cm³/mol. The second-order valence-electron chi connectivity index (χ2n) is 2.87. The van der Waals surface area contributed by atoms with Crippen molar-refractivity contribution in [3.63, 3.8) is 0 Å². The number of halogens is 1. The molecular weight excluding hydrogens is 157 g/mol. The standard InChI is InChI=1S/C9H10FNO/c1-6-4-9-8(5-7(6)10)11-2-3-12-9/h4-5,11H,2-3H2,1H3. The van der Waals surface area contributed by atoms with Gasteiger partial charge in [0, 0.05) is 12.6 Å². The number of fused-ring (bicyclic) bond motifs is 1. The maximum absolute atomic E-state index is 13.0. The summed E-state index contributed by atoms with van der Waals surface area (Å²) in [4.78, 5) is 0. The highest BCUT2D eigenvalue weighted by Gasteiger charge is 2.11. The normalized spacial score (nSPS) is 14.5. The average molecular weight is 167 g/mol. The zero-order valence-corrected chi connectivity index (χ0v) is 6.86. The van der Waals surface area contributed by atoms with Crippen molar-refractivity contribution in [2.24, 2.45) is 0 Å². The molecule has 1 aromatic carbocycles. The molecule has 1 N–H and O–H groups in total. The molecule has 0 saturated heterocycles. The first kappa shape index (κ1) is 7.40. The van der Waals surface area contributed by atoms with Crippen molar-refractivity contribution in [3.05, 3.63) is 23.5 Å². The van der Waals surface area contributed by atoms with E-state index in [1.807, 2.05) is 0 Å². The topological polar surface area (TPSA) is 21.3 Å². The van der Waals surface area contributed by atoms with Gasteiger partial charge in [0.25, 0.3) is 0 Å². The lowest BCUT2D eigenvalue weighted by Gasteiger charge is -2.19. The number of hydrogen-bond acceptors (Lipinski definition) is 2. The third-order valence-electron chi connectivity index (χ3n) is 1.94. The van der Waals surface area contributed by atoms with E-state index in [1.54, 1.807) is 13.0 Å². The molecule has 1 aliphatic heterocycles. The molecule has 2 rings (SSSR count). The summed E-state index contributed by atoms with van der Waals surface area (Å²) in [6.45, 7) is 3.13. The van der Waals surface area contributed by atoms with Crippen molar-refractivity contribution < 1.29 is 9.13 Å². The van der Waals surface area contributed by atoms with Gasteiger partial charge in [0.1, 0.15) is 18.2 Å². The first-order chi connectivity index (χ1) is 5.77. The van der Waals surface area contributed by atoms with Crippen LogP contribution in [0.5, 0.6) is 5.75 Å². The molecular formula is C9H10FNO. The smallest absolute Gasteiger partial charge is 0.142 e. The van der Waals surface area contributed by atoms with Crippen molar-refractivity contribution in [2.45, 2.75) is 6.92 Å². The number of ether oxygens (including phenoxy) is 1. The molecule has 64 valence electrons. The second-order valence-corrected chi connectivity index (χ2v) is 2.87. The maximum Gasteiger partial charge on any atom is 0.142 e. The fourth-order valence-corrected chi connectivity index (χ4v) is 1.26. The van der Waals surface area contributed by atoms with Gasteiger partial charge in [0.05, 0.1) is 5.69 Å². The Balaban J connectivity index is 2.49. The Bertz CT molecular complexity index is 281. The average Bonchev–Trinajstić information content (AvgIpc) is 2.07. The van der Waals surface area contributed by atoms with Crippen LogP contribution in [0, 0.1) is 12.7 Å². The SMILES string of the molecule is Cc1cc2c(cc1F)NCCO2. The molecule has 1 heterocycles. The zero-order chi connectivity index (χ0) is 8.55. The summed E-state index contributed by atoms with van der Waals surface area (Å²) in [5, 5.41) is 3.07. The minimum Gasteiger partial charge on any atom is -0.490 e. The highest BCUT2D eigenvalue weighted by molar-refractivity contribution is 5.59. The Morgan fingerprint density at radius 1 is 1.50 bits per heavy atom. The summed E-state index contributed by atoms with van der Waals surface area (Å²) in [6.07, 6.45) is 0. The number of aryl methyl sites for hydroxylation is 1. The Kier molecular flexibility index (Phi) is 1.64.